The summed E-state index contributed by atoms with van der Waals surface area (Å²) in [6.45, 7) is 3.58. The van der Waals surface area contributed by atoms with E-state index < -0.39 is 9.05 Å². The number of nitrogens with one attached hydrogen (secondary N) is 1. The summed E-state index contributed by atoms with van der Waals surface area (Å²) in [4.78, 5) is 12.5. The summed E-state index contributed by atoms with van der Waals surface area (Å²) in [5.41, 5.74) is 1.90. The molecular formula is C12H12ClN3O3S2. The van der Waals surface area contributed by atoms with Crippen LogP contribution in [0.3, 0.4) is 0 Å². The van der Waals surface area contributed by atoms with Gasteiger partial charge >= 0.3 is 0 Å². The number of amides is 1. The lowest BCUT2D eigenvalue weighted by atomic mass is 10.1. The van der Waals surface area contributed by atoms with Crippen molar-refractivity contribution in [3.8, 4) is 0 Å². The number of carbonyl (C=O) groups is 1. The molecule has 2 aromatic rings. The molecule has 0 aliphatic carbocycles. The Balaban J connectivity index is 2.42. The zero-order chi connectivity index (χ0) is 15.6. The fourth-order valence-corrected chi connectivity index (χ4v) is 3.14. The SMILES string of the molecule is CCc1cc(S(=O)(=O)Cl)cc(C)c1NC(=O)c1cnns1. The predicted octanol–water partition coefficient (Wildman–Crippen LogP) is 2.59. The topological polar surface area (TPSA) is 89.0 Å². The summed E-state index contributed by atoms with van der Waals surface area (Å²) in [6, 6.07) is 2.90. The highest BCUT2D eigenvalue weighted by molar-refractivity contribution is 8.13. The van der Waals surface area contributed by atoms with Crippen LogP contribution in [0.4, 0.5) is 5.69 Å². The van der Waals surface area contributed by atoms with E-state index >= 15 is 0 Å². The van der Waals surface area contributed by atoms with Crippen LogP contribution in [0.25, 0.3) is 0 Å². The molecule has 0 atom stereocenters. The van der Waals surface area contributed by atoms with Crippen LogP contribution >= 0.6 is 22.2 Å². The molecule has 9 heteroatoms. The molecule has 0 unspecified atom stereocenters. The second-order valence-corrected chi connectivity index (χ2v) is 7.65. The van der Waals surface area contributed by atoms with Gasteiger partial charge in [-0.1, -0.05) is 11.4 Å². The Hall–Kier alpha value is -1.51. The van der Waals surface area contributed by atoms with Crippen molar-refractivity contribution < 1.29 is 13.2 Å². The molecule has 0 radical (unpaired) electrons. The highest BCUT2D eigenvalue weighted by Gasteiger charge is 2.17. The van der Waals surface area contributed by atoms with Crippen LogP contribution in [0.2, 0.25) is 0 Å². The third kappa shape index (κ3) is 3.58. The first-order valence-corrected chi connectivity index (χ1v) is 9.08. The smallest absolute Gasteiger partial charge is 0.269 e. The van der Waals surface area contributed by atoms with Gasteiger partial charge in [0.2, 0.25) is 0 Å². The molecule has 0 aliphatic rings. The molecule has 112 valence electrons. The molecule has 0 saturated heterocycles. The van der Waals surface area contributed by atoms with Gasteiger partial charge in [0, 0.05) is 16.4 Å². The van der Waals surface area contributed by atoms with Crippen molar-refractivity contribution in [1.82, 2.24) is 9.59 Å². The van der Waals surface area contributed by atoms with Crippen molar-refractivity contribution in [2.75, 3.05) is 5.32 Å². The minimum Gasteiger partial charge on any atom is -0.321 e. The molecule has 1 aromatic heterocycles. The second kappa shape index (κ2) is 6.08. The average molecular weight is 346 g/mol. The Morgan fingerprint density at radius 2 is 2.14 bits per heavy atom. The fourth-order valence-electron chi connectivity index (χ4n) is 1.87. The van der Waals surface area contributed by atoms with E-state index in [-0.39, 0.29) is 10.8 Å². The molecule has 21 heavy (non-hydrogen) atoms. The van der Waals surface area contributed by atoms with Crippen molar-refractivity contribution in [1.29, 1.82) is 0 Å². The van der Waals surface area contributed by atoms with Crippen LogP contribution < -0.4 is 5.32 Å². The Kier molecular flexibility index (Phi) is 4.60. The second-order valence-electron chi connectivity index (χ2n) is 4.30. The Morgan fingerprint density at radius 1 is 1.43 bits per heavy atom. The van der Waals surface area contributed by atoms with E-state index in [4.69, 9.17) is 10.7 Å². The highest BCUT2D eigenvalue weighted by atomic mass is 35.7. The van der Waals surface area contributed by atoms with Crippen molar-refractivity contribution in [3.63, 3.8) is 0 Å². The van der Waals surface area contributed by atoms with Crippen molar-refractivity contribution in [3.05, 3.63) is 34.3 Å². The summed E-state index contributed by atoms with van der Waals surface area (Å²) in [6.07, 6.45) is 1.93. The maximum atomic E-state index is 12.1. The van der Waals surface area contributed by atoms with E-state index in [0.29, 0.717) is 28.1 Å². The molecular weight excluding hydrogens is 334 g/mol. The van der Waals surface area contributed by atoms with E-state index in [0.717, 1.165) is 11.5 Å². The number of aryl methyl sites for hydroxylation is 2. The first-order valence-electron chi connectivity index (χ1n) is 5.99. The first kappa shape index (κ1) is 15.9. The third-order valence-corrected chi connectivity index (χ3v) is 4.87. The average Bonchev–Trinajstić information content (AvgIpc) is 2.93. The largest absolute Gasteiger partial charge is 0.321 e. The summed E-state index contributed by atoms with van der Waals surface area (Å²) in [5, 5.41) is 6.37. The normalized spacial score (nSPS) is 11.4. The maximum absolute atomic E-state index is 12.1. The summed E-state index contributed by atoms with van der Waals surface area (Å²) in [5.74, 6) is -0.329. The van der Waals surface area contributed by atoms with Crippen molar-refractivity contribution in [2.45, 2.75) is 25.2 Å². The maximum Gasteiger partial charge on any atom is 0.269 e. The molecule has 1 amide bonds. The number of halogens is 1. The van der Waals surface area contributed by atoms with Gasteiger partial charge in [0.05, 0.1) is 11.1 Å². The van der Waals surface area contributed by atoms with Crippen LogP contribution in [0.15, 0.2) is 23.2 Å². The molecule has 1 N–H and O–H groups in total. The van der Waals surface area contributed by atoms with Crippen LogP contribution in [0, 0.1) is 6.92 Å². The van der Waals surface area contributed by atoms with Gasteiger partial charge in [0.25, 0.3) is 15.0 Å². The van der Waals surface area contributed by atoms with E-state index in [9.17, 15) is 13.2 Å². The number of nitrogens with zero attached hydrogens (tertiary/aromatic N) is 2. The van der Waals surface area contributed by atoms with E-state index in [1.165, 1.54) is 18.3 Å². The van der Waals surface area contributed by atoms with Gasteiger partial charge in [0.1, 0.15) is 4.88 Å². The quantitative estimate of drug-likeness (QED) is 0.860. The molecule has 0 spiro atoms. The molecule has 6 nitrogen and oxygen atoms in total. The predicted molar refractivity (Wildman–Crippen MR) is 81.5 cm³/mol. The van der Waals surface area contributed by atoms with Crippen molar-refractivity contribution in [2.24, 2.45) is 0 Å². The standard InChI is InChI=1S/C12H12ClN3O3S2/c1-3-8-5-9(21(13,18)19)4-7(2)11(8)15-12(17)10-6-14-16-20-10/h4-6H,3H2,1-2H3,(H,15,17). The third-order valence-electron chi connectivity index (χ3n) is 2.88. The number of rotatable bonds is 4. The monoisotopic (exact) mass is 345 g/mol. The first-order chi connectivity index (χ1) is 9.82. The lowest BCUT2D eigenvalue weighted by Gasteiger charge is -2.13. The van der Waals surface area contributed by atoms with Gasteiger partial charge in [-0.2, -0.15) is 0 Å². The van der Waals surface area contributed by atoms with Crippen LogP contribution in [0.1, 0.15) is 27.7 Å². The van der Waals surface area contributed by atoms with Gasteiger partial charge in [-0.25, -0.2) is 8.42 Å². The number of hydrogen-bond acceptors (Lipinski definition) is 6. The number of benzene rings is 1. The molecule has 0 fully saturated rings. The number of aromatic nitrogens is 2. The molecule has 2 rings (SSSR count). The molecule has 0 bridgehead atoms. The highest BCUT2D eigenvalue weighted by Crippen LogP contribution is 2.28. The minimum absolute atomic E-state index is 0.0240. The molecule has 0 saturated carbocycles. The minimum atomic E-state index is -3.80. The zero-order valence-electron chi connectivity index (χ0n) is 11.3. The van der Waals surface area contributed by atoms with Crippen molar-refractivity contribution >= 4 is 42.9 Å². The number of anilines is 1. The lowest BCUT2D eigenvalue weighted by molar-refractivity contribution is 0.103. The fraction of sp³-hybridized carbons (Fsp3) is 0.250. The Labute approximate surface area is 130 Å². The van der Waals surface area contributed by atoms with Gasteiger partial charge in [0.15, 0.2) is 0 Å². The Bertz CT molecular complexity index is 773. The van der Waals surface area contributed by atoms with Crippen LogP contribution in [-0.2, 0) is 15.5 Å². The molecule has 1 aromatic carbocycles. The van der Waals surface area contributed by atoms with E-state index in [1.54, 1.807) is 6.92 Å². The molecule has 1 heterocycles. The van der Waals surface area contributed by atoms with Crippen LogP contribution in [0.5, 0.6) is 0 Å². The summed E-state index contributed by atoms with van der Waals surface area (Å²) < 4.78 is 26.5. The lowest BCUT2D eigenvalue weighted by Crippen LogP contribution is -2.13. The zero-order valence-corrected chi connectivity index (χ0v) is 13.6. The number of carbonyl (C=O) groups excluding carboxylic acids is 1. The van der Waals surface area contributed by atoms with Gasteiger partial charge in [-0.3, -0.25) is 4.79 Å². The summed E-state index contributed by atoms with van der Waals surface area (Å²) in [7, 11) is 1.56. The van der Waals surface area contributed by atoms with E-state index in [1.807, 2.05) is 6.92 Å². The van der Waals surface area contributed by atoms with E-state index in [2.05, 4.69) is 14.9 Å². The summed E-state index contributed by atoms with van der Waals surface area (Å²) >= 11 is 0.987. The van der Waals surface area contributed by atoms with Gasteiger partial charge in [-0.05, 0) is 48.1 Å². The van der Waals surface area contributed by atoms with Gasteiger partial charge < -0.3 is 5.32 Å². The Morgan fingerprint density at radius 3 is 2.67 bits per heavy atom. The number of hydrogen-bond donors (Lipinski definition) is 1. The van der Waals surface area contributed by atoms with Crippen LogP contribution in [-0.4, -0.2) is 23.9 Å². The molecule has 0 aliphatic heterocycles. The van der Waals surface area contributed by atoms with Gasteiger partial charge in [-0.15, -0.1) is 5.10 Å².